The van der Waals surface area contributed by atoms with Crippen LogP contribution in [0.3, 0.4) is 0 Å². The van der Waals surface area contributed by atoms with E-state index in [1.165, 1.54) is 32.0 Å². The number of carbonyl (C=O) groups is 1. The van der Waals surface area contributed by atoms with E-state index in [4.69, 9.17) is 0 Å². The summed E-state index contributed by atoms with van der Waals surface area (Å²) in [6.45, 7) is 7.91. The summed E-state index contributed by atoms with van der Waals surface area (Å²) in [4.78, 5) is 18.1. The van der Waals surface area contributed by atoms with Crippen LogP contribution in [-0.4, -0.2) is 23.9 Å². The first kappa shape index (κ1) is 20.8. The second-order valence-corrected chi connectivity index (χ2v) is 9.23. The first-order valence-corrected chi connectivity index (χ1v) is 11.7. The predicted octanol–water partition coefficient (Wildman–Crippen LogP) is 5.77. The van der Waals surface area contributed by atoms with Gasteiger partial charge in [-0.3, -0.25) is 9.69 Å². The van der Waals surface area contributed by atoms with Crippen LogP contribution in [0.25, 0.3) is 0 Å². The molecule has 0 aliphatic carbocycles. The molecular weight excluding hydrogens is 388 g/mol. The molecule has 30 heavy (non-hydrogen) atoms. The normalized spacial score (nSPS) is 16.3. The molecule has 2 aromatic carbocycles. The zero-order valence-corrected chi connectivity index (χ0v) is 18.9. The summed E-state index contributed by atoms with van der Waals surface area (Å²) in [5, 5.41) is 3.11. The molecule has 0 bridgehead atoms. The fourth-order valence-corrected chi connectivity index (χ4v) is 6.04. The molecule has 4 heteroatoms. The van der Waals surface area contributed by atoms with Crippen molar-refractivity contribution in [1.82, 2.24) is 4.90 Å². The second-order valence-electron chi connectivity index (χ2n) is 7.97. The SMILES string of the molecule is CCc1cccc(NC(=O)CN2CCc3c(sc(C)c3CC)C2c2ccccc2)c1. The second kappa shape index (κ2) is 9.15. The fraction of sp³-hybridized carbons (Fsp3) is 0.346. The summed E-state index contributed by atoms with van der Waals surface area (Å²) < 4.78 is 0. The van der Waals surface area contributed by atoms with Gasteiger partial charge < -0.3 is 5.32 Å². The monoisotopic (exact) mass is 418 g/mol. The highest BCUT2D eigenvalue weighted by atomic mass is 32.1. The van der Waals surface area contributed by atoms with E-state index in [1.54, 1.807) is 0 Å². The minimum atomic E-state index is 0.0524. The summed E-state index contributed by atoms with van der Waals surface area (Å²) >= 11 is 1.91. The molecule has 1 N–H and O–H groups in total. The number of benzene rings is 2. The lowest BCUT2D eigenvalue weighted by Crippen LogP contribution is -2.40. The lowest BCUT2D eigenvalue weighted by atomic mass is 9.91. The number of hydrogen-bond donors (Lipinski definition) is 1. The van der Waals surface area contributed by atoms with Gasteiger partial charge in [-0.2, -0.15) is 0 Å². The molecule has 0 fully saturated rings. The highest BCUT2D eigenvalue weighted by Crippen LogP contribution is 2.42. The average molecular weight is 419 g/mol. The van der Waals surface area contributed by atoms with Crippen LogP contribution in [0.5, 0.6) is 0 Å². The Bertz CT molecular complexity index is 1020. The Balaban J connectivity index is 1.60. The number of rotatable bonds is 6. The summed E-state index contributed by atoms with van der Waals surface area (Å²) in [7, 11) is 0. The molecule has 1 aromatic heterocycles. The number of nitrogens with one attached hydrogen (secondary N) is 1. The largest absolute Gasteiger partial charge is 0.325 e. The number of anilines is 1. The van der Waals surface area contributed by atoms with Crippen molar-refractivity contribution in [3.05, 3.63) is 86.6 Å². The van der Waals surface area contributed by atoms with Crippen molar-refractivity contribution in [2.24, 2.45) is 0 Å². The molecule has 0 spiro atoms. The summed E-state index contributed by atoms with van der Waals surface area (Å²) in [5.74, 6) is 0.0524. The fourth-order valence-electron chi connectivity index (χ4n) is 4.58. The molecule has 0 saturated heterocycles. The van der Waals surface area contributed by atoms with Gasteiger partial charge >= 0.3 is 0 Å². The van der Waals surface area contributed by atoms with Crippen LogP contribution in [0.4, 0.5) is 5.69 Å². The Kier molecular flexibility index (Phi) is 6.35. The van der Waals surface area contributed by atoms with Crippen LogP contribution >= 0.6 is 11.3 Å². The highest BCUT2D eigenvalue weighted by Gasteiger charge is 2.33. The Morgan fingerprint density at radius 2 is 1.90 bits per heavy atom. The van der Waals surface area contributed by atoms with E-state index in [-0.39, 0.29) is 11.9 Å². The van der Waals surface area contributed by atoms with Crippen molar-refractivity contribution in [1.29, 1.82) is 0 Å². The number of fused-ring (bicyclic) bond motifs is 1. The number of thiophene rings is 1. The van der Waals surface area contributed by atoms with Gasteiger partial charge in [0.1, 0.15) is 0 Å². The molecule has 4 rings (SSSR count). The summed E-state index contributed by atoms with van der Waals surface area (Å²) in [6.07, 6.45) is 3.06. The third-order valence-electron chi connectivity index (χ3n) is 6.05. The van der Waals surface area contributed by atoms with E-state index < -0.39 is 0 Å². The third-order valence-corrected chi connectivity index (χ3v) is 7.29. The Morgan fingerprint density at radius 1 is 1.10 bits per heavy atom. The molecule has 1 atom stereocenters. The maximum atomic E-state index is 12.9. The van der Waals surface area contributed by atoms with Gasteiger partial charge in [-0.25, -0.2) is 0 Å². The van der Waals surface area contributed by atoms with Gasteiger partial charge in [0.2, 0.25) is 5.91 Å². The summed E-state index contributed by atoms with van der Waals surface area (Å²) in [5.41, 5.74) is 6.41. The van der Waals surface area contributed by atoms with Gasteiger partial charge in [0.05, 0.1) is 12.6 Å². The smallest absolute Gasteiger partial charge is 0.238 e. The molecule has 1 amide bonds. The lowest BCUT2D eigenvalue weighted by Gasteiger charge is -2.36. The Morgan fingerprint density at radius 3 is 2.63 bits per heavy atom. The van der Waals surface area contributed by atoms with Crippen molar-refractivity contribution in [3.8, 4) is 0 Å². The summed E-state index contributed by atoms with van der Waals surface area (Å²) in [6, 6.07) is 18.9. The molecule has 1 unspecified atom stereocenters. The standard InChI is InChI=1S/C26H30N2OS/c1-4-19-10-9-13-21(16-19)27-24(29)17-28-15-14-23-22(5-2)18(3)30-26(23)25(28)20-11-7-6-8-12-20/h6-13,16,25H,4-5,14-15,17H2,1-3H3,(H,27,29). The number of hydrogen-bond acceptors (Lipinski definition) is 3. The van der Waals surface area contributed by atoms with Crippen molar-refractivity contribution in [2.45, 2.75) is 46.1 Å². The molecule has 1 aliphatic heterocycles. The minimum absolute atomic E-state index is 0.0524. The number of aryl methyl sites for hydroxylation is 2. The van der Waals surface area contributed by atoms with E-state index >= 15 is 0 Å². The van der Waals surface area contributed by atoms with E-state index in [2.05, 4.69) is 73.5 Å². The zero-order valence-electron chi connectivity index (χ0n) is 18.1. The third kappa shape index (κ3) is 4.21. The van der Waals surface area contributed by atoms with E-state index in [9.17, 15) is 4.79 Å². The predicted molar refractivity (Wildman–Crippen MR) is 126 cm³/mol. The molecule has 3 nitrogen and oxygen atoms in total. The number of carbonyl (C=O) groups excluding carboxylic acids is 1. The quantitative estimate of drug-likeness (QED) is 0.551. The maximum absolute atomic E-state index is 12.9. The van der Waals surface area contributed by atoms with Crippen LogP contribution in [0.1, 0.15) is 51.9 Å². The number of nitrogens with zero attached hydrogens (tertiary/aromatic N) is 1. The maximum Gasteiger partial charge on any atom is 0.238 e. The van der Waals surface area contributed by atoms with Gasteiger partial charge in [-0.15, -0.1) is 11.3 Å². The van der Waals surface area contributed by atoms with Crippen molar-refractivity contribution in [2.75, 3.05) is 18.4 Å². The topological polar surface area (TPSA) is 32.3 Å². The van der Waals surface area contributed by atoms with E-state index in [0.717, 1.165) is 31.5 Å². The van der Waals surface area contributed by atoms with Gasteiger partial charge in [0, 0.05) is 22.0 Å². The Hall–Kier alpha value is -2.43. The lowest BCUT2D eigenvalue weighted by molar-refractivity contribution is -0.117. The van der Waals surface area contributed by atoms with Crippen molar-refractivity contribution in [3.63, 3.8) is 0 Å². The molecule has 2 heterocycles. The van der Waals surface area contributed by atoms with Gasteiger partial charge in [-0.05, 0) is 60.6 Å². The highest BCUT2D eigenvalue weighted by molar-refractivity contribution is 7.12. The minimum Gasteiger partial charge on any atom is -0.325 e. The van der Waals surface area contributed by atoms with E-state index in [1.807, 2.05) is 23.5 Å². The van der Waals surface area contributed by atoms with Crippen molar-refractivity contribution >= 4 is 22.9 Å². The van der Waals surface area contributed by atoms with Crippen LogP contribution in [0, 0.1) is 6.92 Å². The average Bonchev–Trinajstić information content (AvgIpc) is 3.09. The zero-order chi connectivity index (χ0) is 21.1. The molecule has 3 aromatic rings. The molecule has 1 aliphatic rings. The van der Waals surface area contributed by atoms with Crippen LogP contribution < -0.4 is 5.32 Å². The van der Waals surface area contributed by atoms with Crippen LogP contribution in [0.15, 0.2) is 54.6 Å². The molecule has 156 valence electrons. The van der Waals surface area contributed by atoms with Gasteiger partial charge in [0.25, 0.3) is 0 Å². The van der Waals surface area contributed by atoms with Gasteiger partial charge in [-0.1, -0.05) is 56.3 Å². The Labute approximate surface area is 183 Å². The van der Waals surface area contributed by atoms with Crippen LogP contribution in [0.2, 0.25) is 0 Å². The molecule has 0 radical (unpaired) electrons. The molecule has 0 saturated carbocycles. The molecular formula is C26H30N2OS. The first-order valence-electron chi connectivity index (χ1n) is 10.9. The van der Waals surface area contributed by atoms with E-state index in [0.29, 0.717) is 6.54 Å². The van der Waals surface area contributed by atoms with Gasteiger partial charge in [0.15, 0.2) is 0 Å². The number of amides is 1. The first-order chi connectivity index (χ1) is 14.6. The van der Waals surface area contributed by atoms with Crippen LogP contribution in [-0.2, 0) is 24.1 Å². The van der Waals surface area contributed by atoms with Crippen molar-refractivity contribution < 1.29 is 4.79 Å².